The SMILES string of the molecule is C/C=C\NCCC(COC(=O)c1cccc(Cl)c1)OC.CC(C)(O)O. The normalized spacial score (nSPS) is 12.3. The number of nitrogens with one attached hydrogen (secondary N) is 1. The van der Waals surface area contributed by atoms with Gasteiger partial charge in [0.1, 0.15) is 6.61 Å². The summed E-state index contributed by atoms with van der Waals surface area (Å²) in [4.78, 5) is 11.8. The van der Waals surface area contributed by atoms with Crippen LogP contribution in [0.2, 0.25) is 5.02 Å². The van der Waals surface area contributed by atoms with Crippen molar-refractivity contribution in [3.8, 4) is 0 Å². The van der Waals surface area contributed by atoms with Crippen molar-refractivity contribution in [1.29, 1.82) is 0 Å². The maximum absolute atomic E-state index is 11.8. The van der Waals surface area contributed by atoms with Crippen LogP contribution in [0.25, 0.3) is 0 Å². The number of benzene rings is 1. The monoisotopic (exact) mass is 373 g/mol. The first-order valence-corrected chi connectivity index (χ1v) is 8.30. The summed E-state index contributed by atoms with van der Waals surface area (Å²) >= 11 is 5.83. The van der Waals surface area contributed by atoms with Crippen LogP contribution in [0.1, 0.15) is 37.6 Å². The van der Waals surface area contributed by atoms with E-state index in [0.29, 0.717) is 10.6 Å². The summed E-state index contributed by atoms with van der Waals surface area (Å²) in [6.45, 7) is 5.52. The van der Waals surface area contributed by atoms with Gasteiger partial charge in [0.05, 0.1) is 11.7 Å². The standard InChI is InChI=1S/C15H20ClNO3.C3H8O2/c1-3-8-17-9-7-14(19-2)11-20-15(18)12-5-4-6-13(16)10-12;1-3(2,4)5/h3-6,8,10,14,17H,7,9,11H2,1-2H3;4-5H,1-2H3/b8-3-;. The van der Waals surface area contributed by atoms with Gasteiger partial charge in [0.15, 0.2) is 5.79 Å². The van der Waals surface area contributed by atoms with Gasteiger partial charge in [0.25, 0.3) is 0 Å². The third-order valence-electron chi connectivity index (χ3n) is 2.69. The van der Waals surface area contributed by atoms with Crippen molar-refractivity contribution in [3.63, 3.8) is 0 Å². The lowest BCUT2D eigenvalue weighted by Gasteiger charge is -2.15. The Balaban J connectivity index is 0.00000101. The van der Waals surface area contributed by atoms with E-state index >= 15 is 0 Å². The number of allylic oxidation sites excluding steroid dienone is 1. The van der Waals surface area contributed by atoms with Gasteiger partial charge >= 0.3 is 5.97 Å². The van der Waals surface area contributed by atoms with Gasteiger partial charge in [-0.25, -0.2) is 4.79 Å². The lowest BCUT2D eigenvalue weighted by atomic mass is 10.2. The summed E-state index contributed by atoms with van der Waals surface area (Å²) in [6, 6.07) is 6.68. The van der Waals surface area contributed by atoms with Crippen LogP contribution < -0.4 is 5.32 Å². The van der Waals surface area contributed by atoms with Crippen molar-refractivity contribution < 1.29 is 24.5 Å². The first-order chi connectivity index (χ1) is 11.7. The molecule has 3 N–H and O–H groups in total. The minimum absolute atomic E-state index is 0.129. The Kier molecular flexibility index (Phi) is 11.9. The lowest BCUT2D eigenvalue weighted by molar-refractivity contribution is -0.127. The molecule has 25 heavy (non-hydrogen) atoms. The molecule has 0 radical (unpaired) electrons. The molecule has 1 aromatic carbocycles. The summed E-state index contributed by atoms with van der Waals surface area (Å²) in [5.41, 5.74) is 0.444. The topological polar surface area (TPSA) is 88.0 Å². The zero-order valence-electron chi connectivity index (χ0n) is 15.2. The average Bonchev–Trinajstić information content (AvgIpc) is 2.52. The second-order valence-corrected chi connectivity index (χ2v) is 6.14. The number of hydrogen-bond acceptors (Lipinski definition) is 6. The molecular weight excluding hydrogens is 346 g/mol. The summed E-state index contributed by atoms with van der Waals surface area (Å²) in [6.07, 6.45) is 4.41. The van der Waals surface area contributed by atoms with E-state index in [9.17, 15) is 4.79 Å². The summed E-state index contributed by atoms with van der Waals surface area (Å²) in [5, 5.41) is 19.8. The third-order valence-corrected chi connectivity index (χ3v) is 2.92. The predicted molar refractivity (Wildman–Crippen MR) is 98.5 cm³/mol. The zero-order valence-corrected chi connectivity index (χ0v) is 15.9. The summed E-state index contributed by atoms with van der Waals surface area (Å²) in [7, 11) is 1.60. The van der Waals surface area contributed by atoms with Crippen LogP contribution in [-0.2, 0) is 9.47 Å². The van der Waals surface area contributed by atoms with Crippen LogP contribution in [0.5, 0.6) is 0 Å². The highest BCUT2D eigenvalue weighted by Crippen LogP contribution is 2.12. The average molecular weight is 374 g/mol. The highest BCUT2D eigenvalue weighted by molar-refractivity contribution is 6.30. The first-order valence-electron chi connectivity index (χ1n) is 7.92. The summed E-state index contributed by atoms with van der Waals surface area (Å²) < 4.78 is 10.5. The van der Waals surface area contributed by atoms with E-state index in [-0.39, 0.29) is 12.7 Å². The highest BCUT2D eigenvalue weighted by Gasteiger charge is 2.12. The van der Waals surface area contributed by atoms with Gasteiger partial charge in [0.2, 0.25) is 0 Å². The van der Waals surface area contributed by atoms with Crippen molar-refractivity contribution in [2.24, 2.45) is 0 Å². The van der Waals surface area contributed by atoms with Crippen LogP contribution in [0.15, 0.2) is 36.5 Å². The van der Waals surface area contributed by atoms with E-state index in [2.05, 4.69) is 5.32 Å². The molecule has 6 nitrogen and oxygen atoms in total. The number of aliphatic hydroxyl groups is 2. The molecule has 0 amide bonds. The van der Waals surface area contributed by atoms with Gasteiger partial charge in [-0.2, -0.15) is 0 Å². The van der Waals surface area contributed by atoms with E-state index in [1.807, 2.05) is 19.2 Å². The molecule has 0 bridgehead atoms. The fraction of sp³-hybridized carbons (Fsp3) is 0.500. The molecule has 7 heteroatoms. The number of rotatable bonds is 8. The van der Waals surface area contributed by atoms with Crippen LogP contribution >= 0.6 is 11.6 Å². The van der Waals surface area contributed by atoms with Crippen LogP contribution in [0, 0.1) is 0 Å². The number of ether oxygens (including phenoxy) is 2. The van der Waals surface area contributed by atoms with Crippen LogP contribution in [0.3, 0.4) is 0 Å². The second kappa shape index (κ2) is 12.7. The van der Waals surface area contributed by atoms with E-state index in [1.54, 1.807) is 31.4 Å². The van der Waals surface area contributed by atoms with Gasteiger partial charge in [-0.05, 0) is 51.6 Å². The van der Waals surface area contributed by atoms with Crippen molar-refractivity contribution in [2.45, 2.75) is 39.1 Å². The molecule has 1 aromatic rings. The molecule has 0 aromatic heterocycles. The number of methoxy groups -OCH3 is 1. The number of carbonyl (C=O) groups is 1. The van der Waals surface area contributed by atoms with E-state index in [4.69, 9.17) is 31.3 Å². The van der Waals surface area contributed by atoms with Crippen LogP contribution in [-0.4, -0.2) is 48.3 Å². The molecule has 0 heterocycles. The molecule has 142 valence electrons. The molecule has 0 saturated carbocycles. The Bertz CT molecular complexity index is 522. The Morgan fingerprint density at radius 3 is 2.56 bits per heavy atom. The number of esters is 1. The van der Waals surface area contributed by atoms with E-state index in [1.165, 1.54) is 13.8 Å². The minimum atomic E-state index is -1.50. The lowest BCUT2D eigenvalue weighted by Crippen LogP contribution is -2.24. The smallest absolute Gasteiger partial charge is 0.338 e. The van der Waals surface area contributed by atoms with Crippen molar-refractivity contribution >= 4 is 17.6 Å². The Morgan fingerprint density at radius 2 is 2.04 bits per heavy atom. The fourth-order valence-electron chi connectivity index (χ4n) is 1.58. The molecule has 0 aliphatic carbocycles. The maximum Gasteiger partial charge on any atom is 0.338 e. The first kappa shape index (κ1) is 23.4. The fourth-order valence-corrected chi connectivity index (χ4v) is 1.77. The Hall–Kier alpha value is -1.60. The molecule has 0 aliphatic rings. The predicted octanol–water partition coefficient (Wildman–Crippen LogP) is 2.73. The molecule has 0 spiro atoms. The van der Waals surface area contributed by atoms with Crippen molar-refractivity contribution in [1.82, 2.24) is 5.32 Å². The Morgan fingerprint density at radius 1 is 1.40 bits per heavy atom. The zero-order chi connectivity index (χ0) is 19.3. The minimum Gasteiger partial charge on any atom is -0.459 e. The van der Waals surface area contributed by atoms with Gasteiger partial charge in [-0.15, -0.1) is 0 Å². The third kappa shape index (κ3) is 14.4. The molecule has 1 rings (SSSR count). The second-order valence-electron chi connectivity index (χ2n) is 5.70. The van der Waals surface area contributed by atoms with E-state index < -0.39 is 11.8 Å². The van der Waals surface area contributed by atoms with Gasteiger partial charge < -0.3 is 25.0 Å². The number of hydrogen-bond donors (Lipinski definition) is 3. The molecule has 1 atom stereocenters. The van der Waals surface area contributed by atoms with Crippen LogP contribution in [0.4, 0.5) is 0 Å². The summed E-state index contributed by atoms with van der Waals surface area (Å²) in [5.74, 6) is -1.89. The largest absolute Gasteiger partial charge is 0.459 e. The molecule has 0 fully saturated rings. The van der Waals surface area contributed by atoms with E-state index in [0.717, 1.165) is 13.0 Å². The quantitative estimate of drug-likeness (QED) is 0.369. The Labute approximate surface area is 154 Å². The van der Waals surface area contributed by atoms with Gasteiger partial charge in [-0.1, -0.05) is 23.7 Å². The van der Waals surface area contributed by atoms with Crippen molar-refractivity contribution in [2.75, 3.05) is 20.3 Å². The van der Waals surface area contributed by atoms with Crippen molar-refractivity contribution in [3.05, 3.63) is 47.1 Å². The molecular formula is C18H28ClNO5. The highest BCUT2D eigenvalue weighted by atomic mass is 35.5. The number of halogens is 1. The molecule has 1 unspecified atom stereocenters. The van der Waals surface area contributed by atoms with Gasteiger partial charge in [-0.3, -0.25) is 0 Å². The number of carbonyl (C=O) groups excluding carboxylic acids is 1. The molecule has 0 aliphatic heterocycles. The maximum atomic E-state index is 11.8. The van der Waals surface area contributed by atoms with Gasteiger partial charge in [0, 0.05) is 18.7 Å². The molecule has 0 saturated heterocycles.